The number of benzene rings is 1. The van der Waals surface area contributed by atoms with Crippen molar-refractivity contribution >= 4 is 22.9 Å². The SMILES string of the molecule is CC(C)C(=O)O[C@H]1c2cc3ccc(=O)oc3cc2O[C@@H]1C(C)(C)OC(=O)C(C)C. The standard InChI is InChI=1S/C22H26O7/c1-11(2)20(24)28-18-14-9-13-7-8-17(23)26-15(13)10-16(14)27-19(18)22(5,6)29-21(25)12(3)4/h7-12,18-19H,1-6H3/t18-,19-/m0/s1. The van der Waals surface area contributed by atoms with Crippen molar-refractivity contribution < 1.29 is 28.2 Å². The van der Waals surface area contributed by atoms with Gasteiger partial charge in [-0.3, -0.25) is 9.59 Å². The third-order valence-electron chi connectivity index (χ3n) is 4.82. The third-order valence-corrected chi connectivity index (χ3v) is 4.82. The first-order valence-corrected chi connectivity index (χ1v) is 9.67. The smallest absolute Gasteiger partial charge is 0.336 e. The molecule has 7 heteroatoms. The molecule has 0 saturated heterocycles. The van der Waals surface area contributed by atoms with E-state index in [-0.39, 0.29) is 23.8 Å². The van der Waals surface area contributed by atoms with E-state index in [9.17, 15) is 14.4 Å². The number of fused-ring (bicyclic) bond motifs is 2. The van der Waals surface area contributed by atoms with E-state index in [2.05, 4.69) is 0 Å². The molecule has 3 rings (SSSR count). The summed E-state index contributed by atoms with van der Waals surface area (Å²) in [7, 11) is 0. The van der Waals surface area contributed by atoms with Crippen LogP contribution in [0.1, 0.15) is 53.2 Å². The summed E-state index contributed by atoms with van der Waals surface area (Å²) in [5, 5.41) is 0.676. The Hall–Kier alpha value is -2.83. The van der Waals surface area contributed by atoms with Gasteiger partial charge in [0.05, 0.1) is 11.8 Å². The number of carbonyl (C=O) groups is 2. The van der Waals surface area contributed by atoms with Crippen LogP contribution in [0, 0.1) is 11.8 Å². The van der Waals surface area contributed by atoms with Crippen LogP contribution in [0.25, 0.3) is 11.0 Å². The molecular formula is C22H26O7. The molecule has 2 heterocycles. The lowest BCUT2D eigenvalue weighted by atomic mass is 9.93. The summed E-state index contributed by atoms with van der Waals surface area (Å²) >= 11 is 0. The molecule has 2 aromatic rings. The predicted molar refractivity (Wildman–Crippen MR) is 106 cm³/mol. The van der Waals surface area contributed by atoms with Crippen LogP contribution in [0.4, 0.5) is 0 Å². The zero-order chi connectivity index (χ0) is 21.5. The molecule has 0 radical (unpaired) electrons. The molecule has 1 aliphatic rings. The van der Waals surface area contributed by atoms with Gasteiger partial charge in [-0.2, -0.15) is 0 Å². The highest BCUT2D eigenvalue weighted by Crippen LogP contribution is 2.46. The fraction of sp³-hybridized carbons (Fsp3) is 0.500. The maximum atomic E-state index is 12.4. The Balaban J connectivity index is 2.05. The first kappa shape index (κ1) is 20.9. The van der Waals surface area contributed by atoms with Crippen molar-refractivity contribution in [2.45, 2.75) is 59.4 Å². The van der Waals surface area contributed by atoms with E-state index in [1.165, 1.54) is 6.07 Å². The van der Waals surface area contributed by atoms with E-state index in [0.717, 1.165) is 0 Å². The Labute approximate surface area is 168 Å². The third kappa shape index (κ3) is 4.13. The quantitative estimate of drug-likeness (QED) is 0.555. The number of rotatable bonds is 5. The van der Waals surface area contributed by atoms with Gasteiger partial charge in [0.2, 0.25) is 0 Å². The van der Waals surface area contributed by atoms with Crippen molar-refractivity contribution in [1.29, 1.82) is 0 Å². The van der Waals surface area contributed by atoms with Gasteiger partial charge in [0, 0.05) is 23.1 Å². The molecule has 7 nitrogen and oxygen atoms in total. The average molecular weight is 402 g/mol. The zero-order valence-corrected chi connectivity index (χ0v) is 17.5. The highest BCUT2D eigenvalue weighted by Gasteiger charge is 2.49. The predicted octanol–water partition coefficient (Wildman–Crippen LogP) is 3.77. The summed E-state index contributed by atoms with van der Waals surface area (Å²) in [6, 6.07) is 6.33. The van der Waals surface area contributed by atoms with Crippen LogP contribution >= 0.6 is 0 Å². The lowest BCUT2D eigenvalue weighted by Crippen LogP contribution is -2.47. The van der Waals surface area contributed by atoms with E-state index in [1.807, 2.05) is 0 Å². The Morgan fingerprint density at radius 2 is 1.69 bits per heavy atom. The Kier molecular flexibility index (Phi) is 5.43. The largest absolute Gasteiger partial charge is 0.481 e. The van der Waals surface area contributed by atoms with Gasteiger partial charge in [0.25, 0.3) is 0 Å². The van der Waals surface area contributed by atoms with Crippen molar-refractivity contribution in [2.75, 3.05) is 0 Å². The number of hydrogen-bond donors (Lipinski definition) is 0. The van der Waals surface area contributed by atoms with Crippen molar-refractivity contribution in [1.82, 2.24) is 0 Å². The fourth-order valence-corrected chi connectivity index (χ4v) is 3.13. The monoisotopic (exact) mass is 402 g/mol. The van der Waals surface area contributed by atoms with Gasteiger partial charge in [-0.05, 0) is 26.0 Å². The molecule has 1 aromatic carbocycles. The second-order valence-electron chi connectivity index (χ2n) is 8.41. The number of ether oxygens (including phenoxy) is 3. The summed E-state index contributed by atoms with van der Waals surface area (Å²) in [6.07, 6.45) is -1.53. The van der Waals surface area contributed by atoms with Gasteiger partial charge in [-0.1, -0.05) is 27.7 Å². The molecule has 0 bridgehead atoms. The maximum Gasteiger partial charge on any atom is 0.336 e. The Morgan fingerprint density at radius 1 is 1.03 bits per heavy atom. The zero-order valence-electron chi connectivity index (χ0n) is 17.5. The first-order valence-electron chi connectivity index (χ1n) is 9.67. The number of esters is 2. The van der Waals surface area contributed by atoms with Crippen molar-refractivity contribution in [2.24, 2.45) is 11.8 Å². The molecule has 0 fully saturated rings. The van der Waals surface area contributed by atoms with Crippen molar-refractivity contribution in [3.63, 3.8) is 0 Å². The highest BCUT2D eigenvalue weighted by atomic mass is 16.6. The van der Waals surface area contributed by atoms with Crippen LogP contribution < -0.4 is 10.4 Å². The molecule has 2 atom stereocenters. The van der Waals surface area contributed by atoms with Gasteiger partial charge in [-0.15, -0.1) is 0 Å². The van der Waals surface area contributed by atoms with E-state index in [0.29, 0.717) is 22.3 Å². The Morgan fingerprint density at radius 3 is 2.31 bits per heavy atom. The molecular weight excluding hydrogens is 376 g/mol. The molecule has 29 heavy (non-hydrogen) atoms. The Bertz CT molecular complexity index is 1000. The van der Waals surface area contributed by atoms with Crippen LogP contribution in [0.3, 0.4) is 0 Å². The van der Waals surface area contributed by atoms with Crippen LogP contribution in [-0.4, -0.2) is 23.6 Å². The first-order chi connectivity index (χ1) is 13.5. The fourth-order valence-electron chi connectivity index (χ4n) is 3.13. The summed E-state index contributed by atoms with van der Waals surface area (Å²) in [5.41, 5.74) is -0.544. The van der Waals surface area contributed by atoms with Crippen LogP contribution in [0.5, 0.6) is 5.75 Å². The molecule has 0 saturated carbocycles. The topological polar surface area (TPSA) is 92.0 Å². The van der Waals surface area contributed by atoms with Gasteiger partial charge in [0.1, 0.15) is 16.9 Å². The van der Waals surface area contributed by atoms with E-state index < -0.39 is 23.4 Å². The number of carbonyl (C=O) groups excluding carboxylic acids is 2. The molecule has 0 unspecified atom stereocenters. The van der Waals surface area contributed by atoms with Crippen molar-refractivity contribution in [3.8, 4) is 5.75 Å². The van der Waals surface area contributed by atoms with Crippen LogP contribution in [-0.2, 0) is 19.1 Å². The second-order valence-corrected chi connectivity index (χ2v) is 8.41. The highest BCUT2D eigenvalue weighted by molar-refractivity contribution is 5.80. The van der Waals surface area contributed by atoms with Crippen molar-refractivity contribution in [3.05, 3.63) is 40.2 Å². The molecule has 0 aliphatic carbocycles. The van der Waals surface area contributed by atoms with Crippen LogP contribution in [0.15, 0.2) is 33.5 Å². The summed E-state index contributed by atoms with van der Waals surface area (Å²) in [5.74, 6) is -0.986. The molecule has 1 aromatic heterocycles. The van der Waals surface area contributed by atoms with Crippen LogP contribution in [0.2, 0.25) is 0 Å². The van der Waals surface area contributed by atoms with E-state index in [4.69, 9.17) is 18.6 Å². The minimum Gasteiger partial charge on any atom is -0.481 e. The molecule has 1 aliphatic heterocycles. The van der Waals surface area contributed by atoms with Gasteiger partial charge in [0.15, 0.2) is 12.2 Å². The summed E-state index contributed by atoms with van der Waals surface area (Å²) in [4.78, 5) is 36.1. The van der Waals surface area contributed by atoms with Gasteiger partial charge < -0.3 is 18.6 Å². The minimum absolute atomic E-state index is 0.313. The maximum absolute atomic E-state index is 12.4. The van der Waals surface area contributed by atoms with Gasteiger partial charge >= 0.3 is 17.6 Å². The molecule has 0 spiro atoms. The summed E-state index contributed by atoms with van der Waals surface area (Å²) in [6.45, 7) is 10.4. The number of hydrogen-bond acceptors (Lipinski definition) is 7. The second kappa shape index (κ2) is 7.54. The molecule has 0 N–H and O–H groups in total. The minimum atomic E-state index is -1.07. The van der Waals surface area contributed by atoms with E-state index in [1.54, 1.807) is 59.7 Å². The summed E-state index contributed by atoms with van der Waals surface area (Å²) < 4.78 is 22.7. The van der Waals surface area contributed by atoms with E-state index >= 15 is 0 Å². The normalized spacial score (nSPS) is 18.6. The molecule has 0 amide bonds. The van der Waals surface area contributed by atoms with Gasteiger partial charge in [-0.25, -0.2) is 4.79 Å². The molecule has 156 valence electrons. The lowest BCUT2D eigenvalue weighted by molar-refractivity contribution is -0.181. The average Bonchev–Trinajstić information content (AvgIpc) is 2.97. The lowest BCUT2D eigenvalue weighted by Gasteiger charge is -2.34.